The third-order valence-corrected chi connectivity index (χ3v) is 2.77. The van der Waals surface area contributed by atoms with E-state index in [9.17, 15) is 9.59 Å². The lowest BCUT2D eigenvalue weighted by molar-refractivity contribution is -0.139. The summed E-state index contributed by atoms with van der Waals surface area (Å²) in [6.45, 7) is 5.05. The standard InChI is InChI=1S/C11H22N2O4/c1-5-6-8(9(15)16)12-10(17)13(4)11(2,3)7-14/h8,14H,5-7H2,1-4H3,(H,12,17)(H,15,16)/t8-/m0/s1. The van der Waals surface area contributed by atoms with E-state index in [0.29, 0.717) is 12.8 Å². The van der Waals surface area contributed by atoms with Gasteiger partial charge >= 0.3 is 12.0 Å². The molecular formula is C11H22N2O4. The molecule has 0 aliphatic heterocycles. The van der Waals surface area contributed by atoms with Gasteiger partial charge in [-0.05, 0) is 20.3 Å². The van der Waals surface area contributed by atoms with Crippen LogP contribution in [0.4, 0.5) is 4.79 Å². The first-order valence-corrected chi connectivity index (χ1v) is 5.64. The molecule has 0 heterocycles. The number of rotatable bonds is 6. The second kappa shape index (κ2) is 6.44. The predicted octanol–water partition coefficient (Wildman–Crippen LogP) is 0.652. The zero-order chi connectivity index (χ0) is 13.6. The monoisotopic (exact) mass is 246 g/mol. The molecular weight excluding hydrogens is 224 g/mol. The summed E-state index contributed by atoms with van der Waals surface area (Å²) in [6, 6.07) is -1.38. The maximum atomic E-state index is 11.8. The first-order chi connectivity index (χ1) is 7.76. The van der Waals surface area contributed by atoms with Crippen LogP contribution < -0.4 is 5.32 Å². The molecule has 0 spiro atoms. The topological polar surface area (TPSA) is 89.9 Å². The molecule has 0 aromatic rings. The summed E-state index contributed by atoms with van der Waals surface area (Å²) >= 11 is 0. The Hall–Kier alpha value is -1.30. The van der Waals surface area contributed by atoms with E-state index in [2.05, 4.69) is 5.32 Å². The van der Waals surface area contributed by atoms with Crippen LogP contribution in [0, 0.1) is 0 Å². The number of carboxylic acids is 1. The molecule has 0 aromatic heterocycles. The Morgan fingerprint density at radius 1 is 1.41 bits per heavy atom. The lowest BCUT2D eigenvalue weighted by Crippen LogP contribution is -2.54. The number of aliphatic hydroxyl groups is 1. The highest BCUT2D eigenvalue weighted by molar-refractivity contribution is 5.82. The number of carbonyl (C=O) groups is 2. The van der Waals surface area contributed by atoms with Crippen molar-refractivity contribution >= 4 is 12.0 Å². The number of hydrogen-bond donors (Lipinski definition) is 3. The van der Waals surface area contributed by atoms with E-state index in [1.807, 2.05) is 6.92 Å². The highest BCUT2D eigenvalue weighted by Gasteiger charge is 2.29. The van der Waals surface area contributed by atoms with Gasteiger partial charge in [-0.25, -0.2) is 9.59 Å². The number of aliphatic hydroxyl groups excluding tert-OH is 1. The van der Waals surface area contributed by atoms with Crippen LogP contribution in [0.1, 0.15) is 33.6 Å². The van der Waals surface area contributed by atoms with Gasteiger partial charge < -0.3 is 20.4 Å². The van der Waals surface area contributed by atoms with Crippen molar-refractivity contribution in [3.63, 3.8) is 0 Å². The Labute approximate surface area is 102 Å². The summed E-state index contributed by atoms with van der Waals surface area (Å²) in [5.41, 5.74) is -0.723. The normalized spacial score (nSPS) is 13.0. The number of urea groups is 1. The van der Waals surface area contributed by atoms with Gasteiger partial charge in [-0.3, -0.25) is 0 Å². The smallest absolute Gasteiger partial charge is 0.326 e. The van der Waals surface area contributed by atoms with E-state index >= 15 is 0 Å². The van der Waals surface area contributed by atoms with Crippen molar-refractivity contribution in [2.24, 2.45) is 0 Å². The number of carbonyl (C=O) groups excluding carboxylic acids is 1. The number of amides is 2. The summed E-state index contributed by atoms with van der Waals surface area (Å²) in [5, 5.41) is 20.5. The molecule has 6 nitrogen and oxygen atoms in total. The number of hydrogen-bond acceptors (Lipinski definition) is 3. The fourth-order valence-corrected chi connectivity index (χ4v) is 1.17. The molecule has 1 atom stereocenters. The van der Waals surface area contributed by atoms with Crippen LogP contribution in [0.25, 0.3) is 0 Å². The van der Waals surface area contributed by atoms with E-state index in [1.165, 1.54) is 11.9 Å². The van der Waals surface area contributed by atoms with Gasteiger partial charge in [0.1, 0.15) is 6.04 Å². The van der Waals surface area contributed by atoms with Crippen molar-refractivity contribution in [3.8, 4) is 0 Å². The lowest BCUT2D eigenvalue weighted by atomic mass is 10.1. The first kappa shape index (κ1) is 15.7. The average molecular weight is 246 g/mol. The van der Waals surface area contributed by atoms with Crippen LogP contribution in [0.15, 0.2) is 0 Å². The number of nitrogens with one attached hydrogen (secondary N) is 1. The highest BCUT2D eigenvalue weighted by Crippen LogP contribution is 2.11. The third-order valence-electron chi connectivity index (χ3n) is 2.77. The number of likely N-dealkylation sites (N-methyl/N-ethyl adjacent to an activating group) is 1. The van der Waals surface area contributed by atoms with E-state index < -0.39 is 23.6 Å². The molecule has 0 saturated heterocycles. The average Bonchev–Trinajstić information content (AvgIpc) is 2.27. The largest absolute Gasteiger partial charge is 0.480 e. The van der Waals surface area contributed by atoms with Gasteiger partial charge in [0.15, 0.2) is 0 Å². The lowest BCUT2D eigenvalue weighted by Gasteiger charge is -2.34. The molecule has 0 rings (SSSR count). The quantitative estimate of drug-likeness (QED) is 0.642. The summed E-state index contributed by atoms with van der Waals surface area (Å²) in [7, 11) is 1.52. The van der Waals surface area contributed by atoms with E-state index in [4.69, 9.17) is 10.2 Å². The van der Waals surface area contributed by atoms with Crippen molar-refractivity contribution in [2.45, 2.75) is 45.2 Å². The van der Waals surface area contributed by atoms with Crippen molar-refractivity contribution < 1.29 is 19.8 Å². The molecule has 100 valence electrons. The molecule has 0 aliphatic rings. The molecule has 0 aromatic carbocycles. The van der Waals surface area contributed by atoms with Gasteiger partial charge in [0, 0.05) is 7.05 Å². The Kier molecular flexibility index (Phi) is 5.95. The van der Waals surface area contributed by atoms with E-state index in [0.717, 1.165) is 0 Å². The molecule has 0 fully saturated rings. The van der Waals surface area contributed by atoms with Gasteiger partial charge in [-0.2, -0.15) is 0 Å². The number of nitrogens with zero attached hydrogens (tertiary/aromatic N) is 1. The van der Waals surface area contributed by atoms with Crippen LogP contribution in [-0.4, -0.2) is 52.3 Å². The number of aliphatic carboxylic acids is 1. The maximum Gasteiger partial charge on any atom is 0.326 e. The van der Waals surface area contributed by atoms with Crippen LogP contribution in [0.2, 0.25) is 0 Å². The zero-order valence-electron chi connectivity index (χ0n) is 10.9. The second-order valence-corrected chi connectivity index (χ2v) is 4.66. The molecule has 0 saturated carbocycles. The first-order valence-electron chi connectivity index (χ1n) is 5.64. The van der Waals surface area contributed by atoms with Crippen molar-refractivity contribution in [1.29, 1.82) is 0 Å². The summed E-state index contributed by atoms with van der Waals surface area (Å²) in [4.78, 5) is 24.0. The molecule has 3 N–H and O–H groups in total. The van der Waals surface area contributed by atoms with Gasteiger partial charge in [0.25, 0.3) is 0 Å². The maximum absolute atomic E-state index is 11.8. The van der Waals surface area contributed by atoms with E-state index in [-0.39, 0.29) is 6.61 Å². The van der Waals surface area contributed by atoms with Gasteiger partial charge in [-0.1, -0.05) is 13.3 Å². The summed E-state index contributed by atoms with van der Waals surface area (Å²) in [6.07, 6.45) is 1.05. The fourth-order valence-electron chi connectivity index (χ4n) is 1.17. The van der Waals surface area contributed by atoms with Crippen molar-refractivity contribution in [2.75, 3.05) is 13.7 Å². The fraction of sp³-hybridized carbons (Fsp3) is 0.818. The SMILES string of the molecule is CCC[C@H](NC(=O)N(C)C(C)(C)CO)C(=O)O. The van der Waals surface area contributed by atoms with E-state index in [1.54, 1.807) is 13.8 Å². The van der Waals surface area contributed by atoms with Crippen molar-refractivity contribution in [1.82, 2.24) is 10.2 Å². The van der Waals surface area contributed by atoms with Crippen LogP contribution >= 0.6 is 0 Å². The van der Waals surface area contributed by atoms with Crippen LogP contribution in [0.5, 0.6) is 0 Å². The molecule has 2 amide bonds. The summed E-state index contributed by atoms with van der Waals surface area (Å²) < 4.78 is 0. The minimum Gasteiger partial charge on any atom is -0.480 e. The van der Waals surface area contributed by atoms with Gasteiger partial charge in [0.2, 0.25) is 0 Å². The molecule has 0 bridgehead atoms. The molecule has 0 aliphatic carbocycles. The summed E-state index contributed by atoms with van der Waals surface area (Å²) in [5.74, 6) is -1.05. The minimum atomic E-state index is -1.05. The van der Waals surface area contributed by atoms with Crippen molar-refractivity contribution in [3.05, 3.63) is 0 Å². The highest BCUT2D eigenvalue weighted by atomic mass is 16.4. The Bertz CT molecular complexity index is 279. The Morgan fingerprint density at radius 2 is 1.94 bits per heavy atom. The number of carboxylic acid groups (broad SMARTS) is 1. The van der Waals surface area contributed by atoms with Crippen LogP contribution in [-0.2, 0) is 4.79 Å². The zero-order valence-corrected chi connectivity index (χ0v) is 10.9. The minimum absolute atomic E-state index is 0.192. The predicted molar refractivity (Wildman–Crippen MR) is 63.8 cm³/mol. The Balaban J connectivity index is 4.56. The second-order valence-electron chi connectivity index (χ2n) is 4.66. The molecule has 0 radical (unpaired) electrons. The van der Waals surface area contributed by atoms with Gasteiger partial charge in [-0.15, -0.1) is 0 Å². The van der Waals surface area contributed by atoms with Gasteiger partial charge in [0.05, 0.1) is 12.1 Å². The molecule has 0 unspecified atom stereocenters. The molecule has 17 heavy (non-hydrogen) atoms. The van der Waals surface area contributed by atoms with Crippen LogP contribution in [0.3, 0.4) is 0 Å². The molecule has 6 heteroatoms. The Morgan fingerprint density at radius 3 is 2.29 bits per heavy atom. The third kappa shape index (κ3) is 4.60.